The molecule has 1 atom stereocenters. The average Bonchev–Trinajstić information content (AvgIpc) is 3.18. The van der Waals surface area contributed by atoms with E-state index in [1.165, 1.54) is 18.4 Å². The highest BCUT2D eigenvalue weighted by atomic mass is 32.1. The monoisotopic (exact) mass is 390 g/mol. The number of aromatic nitrogens is 3. The van der Waals surface area contributed by atoms with Gasteiger partial charge in [0.05, 0.1) is 29.1 Å². The van der Waals surface area contributed by atoms with Crippen molar-refractivity contribution in [2.75, 3.05) is 11.9 Å². The van der Waals surface area contributed by atoms with Crippen molar-refractivity contribution < 1.29 is 0 Å². The number of nitriles is 1. The molecule has 142 valence electrons. The van der Waals surface area contributed by atoms with E-state index >= 15 is 0 Å². The van der Waals surface area contributed by atoms with Gasteiger partial charge in [-0.05, 0) is 50.1 Å². The van der Waals surface area contributed by atoms with Crippen LogP contribution >= 0.6 is 11.3 Å². The molecule has 7 heteroatoms. The number of nitrogens with zero attached hydrogens (tertiary/aromatic N) is 5. The molecule has 3 aromatic rings. The van der Waals surface area contributed by atoms with E-state index in [2.05, 4.69) is 44.6 Å². The summed E-state index contributed by atoms with van der Waals surface area (Å²) in [6, 6.07) is 9.97. The Morgan fingerprint density at radius 2 is 2.21 bits per heavy atom. The Bertz CT molecular complexity index is 992. The molecule has 0 unspecified atom stereocenters. The van der Waals surface area contributed by atoms with Gasteiger partial charge in [-0.2, -0.15) is 5.26 Å². The second kappa shape index (κ2) is 8.46. The molecule has 1 aliphatic heterocycles. The zero-order valence-corrected chi connectivity index (χ0v) is 16.6. The molecule has 0 amide bonds. The van der Waals surface area contributed by atoms with Crippen LogP contribution in [0.1, 0.15) is 47.8 Å². The van der Waals surface area contributed by atoms with E-state index in [9.17, 15) is 0 Å². The molecular formula is C21H22N6S. The number of piperidine rings is 1. The van der Waals surface area contributed by atoms with Gasteiger partial charge < -0.3 is 5.32 Å². The highest BCUT2D eigenvalue weighted by molar-refractivity contribution is 7.13. The topological polar surface area (TPSA) is 77.7 Å². The molecule has 1 saturated heterocycles. The summed E-state index contributed by atoms with van der Waals surface area (Å²) in [5.41, 5.74) is 4.05. The van der Waals surface area contributed by atoms with E-state index in [1.807, 2.05) is 12.3 Å². The molecule has 3 aromatic heterocycles. The fraction of sp³-hybridized carbons (Fsp3) is 0.333. The number of thiazole rings is 1. The van der Waals surface area contributed by atoms with Crippen molar-refractivity contribution >= 4 is 22.3 Å². The molecule has 1 aliphatic rings. The zero-order chi connectivity index (χ0) is 19.3. The largest absolute Gasteiger partial charge is 0.316 e. The SMILES string of the molecule is Cc1cccnc1CN1CCCC[C@H]1c1csc(Nc2cc(C#N)ccn2)n1. The number of anilines is 2. The van der Waals surface area contributed by atoms with Gasteiger partial charge in [-0.25, -0.2) is 9.97 Å². The zero-order valence-electron chi connectivity index (χ0n) is 15.8. The summed E-state index contributed by atoms with van der Waals surface area (Å²) < 4.78 is 0. The van der Waals surface area contributed by atoms with Gasteiger partial charge in [-0.1, -0.05) is 12.5 Å². The Hall–Kier alpha value is -2.82. The lowest BCUT2D eigenvalue weighted by Gasteiger charge is -2.34. The summed E-state index contributed by atoms with van der Waals surface area (Å²) in [5.74, 6) is 0.643. The van der Waals surface area contributed by atoms with Crippen molar-refractivity contribution in [1.29, 1.82) is 5.26 Å². The minimum atomic E-state index is 0.306. The Labute approximate surface area is 168 Å². The minimum Gasteiger partial charge on any atom is -0.316 e. The molecule has 6 nitrogen and oxygen atoms in total. The Morgan fingerprint density at radius 1 is 1.29 bits per heavy atom. The van der Waals surface area contributed by atoms with Crippen LogP contribution in [0, 0.1) is 18.3 Å². The molecule has 0 aromatic carbocycles. The highest BCUT2D eigenvalue weighted by Gasteiger charge is 2.26. The minimum absolute atomic E-state index is 0.306. The summed E-state index contributed by atoms with van der Waals surface area (Å²) in [6.45, 7) is 4.03. The number of hydrogen-bond donors (Lipinski definition) is 1. The number of pyridine rings is 2. The van der Waals surface area contributed by atoms with Gasteiger partial charge in [0.25, 0.3) is 0 Å². The molecule has 4 heterocycles. The van der Waals surface area contributed by atoms with E-state index in [-0.39, 0.29) is 0 Å². The van der Waals surface area contributed by atoms with Crippen molar-refractivity contribution in [3.63, 3.8) is 0 Å². The molecule has 0 radical (unpaired) electrons. The van der Waals surface area contributed by atoms with Crippen molar-refractivity contribution in [3.8, 4) is 6.07 Å². The lowest BCUT2D eigenvalue weighted by molar-refractivity contribution is 0.136. The van der Waals surface area contributed by atoms with Crippen LogP contribution in [-0.4, -0.2) is 26.4 Å². The molecule has 1 fully saturated rings. The van der Waals surface area contributed by atoms with Crippen LogP contribution in [0.3, 0.4) is 0 Å². The van der Waals surface area contributed by atoms with Gasteiger partial charge >= 0.3 is 0 Å². The van der Waals surface area contributed by atoms with Gasteiger partial charge in [0.2, 0.25) is 0 Å². The summed E-state index contributed by atoms with van der Waals surface area (Å²) in [7, 11) is 0. The lowest BCUT2D eigenvalue weighted by atomic mass is 9.99. The van der Waals surface area contributed by atoms with Gasteiger partial charge in [-0.3, -0.25) is 9.88 Å². The smallest absolute Gasteiger partial charge is 0.188 e. The first-order valence-electron chi connectivity index (χ1n) is 9.46. The van der Waals surface area contributed by atoms with Crippen molar-refractivity contribution in [2.24, 2.45) is 0 Å². The third kappa shape index (κ3) is 4.19. The first-order chi connectivity index (χ1) is 13.7. The molecule has 28 heavy (non-hydrogen) atoms. The average molecular weight is 391 g/mol. The predicted molar refractivity (Wildman–Crippen MR) is 110 cm³/mol. The van der Waals surface area contributed by atoms with Gasteiger partial charge in [0.1, 0.15) is 5.82 Å². The van der Waals surface area contributed by atoms with Crippen molar-refractivity contribution in [3.05, 3.63) is 64.6 Å². The predicted octanol–water partition coefficient (Wildman–Crippen LogP) is 4.58. The van der Waals surface area contributed by atoms with Gasteiger partial charge in [0.15, 0.2) is 5.13 Å². The summed E-state index contributed by atoms with van der Waals surface area (Å²) in [5, 5.41) is 15.2. The summed E-state index contributed by atoms with van der Waals surface area (Å²) >= 11 is 1.58. The maximum Gasteiger partial charge on any atom is 0.188 e. The van der Waals surface area contributed by atoms with Crippen LogP contribution in [0.2, 0.25) is 0 Å². The standard InChI is InChI=1S/C21H22N6S/c1-15-5-4-8-23-17(15)13-27-10-3-2-6-19(27)18-14-28-21(25-18)26-20-11-16(12-22)7-9-24-20/h4-5,7-9,11,14,19H,2-3,6,10,13H2,1H3,(H,24,25,26)/t19-/m0/s1. The molecular weight excluding hydrogens is 368 g/mol. The van der Waals surface area contributed by atoms with Crippen LogP contribution in [0.15, 0.2) is 42.0 Å². The molecule has 0 aliphatic carbocycles. The first-order valence-corrected chi connectivity index (χ1v) is 10.3. The maximum atomic E-state index is 9.04. The molecule has 0 saturated carbocycles. The van der Waals surface area contributed by atoms with Crippen LogP contribution in [0.4, 0.5) is 10.9 Å². The van der Waals surface area contributed by atoms with E-state index in [4.69, 9.17) is 10.2 Å². The van der Waals surface area contributed by atoms with Crippen LogP contribution in [0.5, 0.6) is 0 Å². The molecule has 4 rings (SSSR count). The van der Waals surface area contributed by atoms with E-state index in [1.54, 1.807) is 29.7 Å². The van der Waals surface area contributed by atoms with Gasteiger partial charge in [-0.15, -0.1) is 11.3 Å². The van der Waals surface area contributed by atoms with Crippen molar-refractivity contribution in [2.45, 2.75) is 38.8 Å². The second-order valence-electron chi connectivity index (χ2n) is 6.99. The quantitative estimate of drug-likeness (QED) is 0.687. The third-order valence-electron chi connectivity index (χ3n) is 5.07. The molecule has 0 spiro atoms. The fourth-order valence-electron chi connectivity index (χ4n) is 3.57. The lowest BCUT2D eigenvalue weighted by Crippen LogP contribution is -2.33. The molecule has 1 N–H and O–H groups in total. The van der Waals surface area contributed by atoms with Crippen molar-refractivity contribution in [1.82, 2.24) is 19.9 Å². The maximum absolute atomic E-state index is 9.04. The van der Waals surface area contributed by atoms with E-state index in [0.717, 1.165) is 36.0 Å². The van der Waals surface area contributed by atoms with E-state index < -0.39 is 0 Å². The number of likely N-dealkylation sites (tertiary alicyclic amines) is 1. The number of aryl methyl sites for hydroxylation is 1. The molecule has 0 bridgehead atoms. The van der Waals surface area contributed by atoms with Crippen LogP contribution in [-0.2, 0) is 6.54 Å². The normalized spacial score (nSPS) is 17.2. The van der Waals surface area contributed by atoms with Crippen LogP contribution < -0.4 is 5.32 Å². The van der Waals surface area contributed by atoms with Gasteiger partial charge in [0, 0.05) is 24.3 Å². The third-order valence-corrected chi connectivity index (χ3v) is 5.85. The number of hydrogen-bond acceptors (Lipinski definition) is 7. The van der Waals surface area contributed by atoms with Crippen LogP contribution in [0.25, 0.3) is 0 Å². The number of nitrogens with one attached hydrogen (secondary N) is 1. The Kier molecular flexibility index (Phi) is 5.60. The fourth-order valence-corrected chi connectivity index (χ4v) is 4.33. The second-order valence-corrected chi connectivity index (χ2v) is 7.85. The number of rotatable bonds is 5. The first kappa shape index (κ1) is 18.5. The summed E-state index contributed by atoms with van der Waals surface area (Å²) in [6.07, 6.45) is 7.04. The Morgan fingerprint density at radius 3 is 3.07 bits per heavy atom. The van der Waals surface area contributed by atoms with E-state index in [0.29, 0.717) is 17.4 Å². The summed E-state index contributed by atoms with van der Waals surface area (Å²) in [4.78, 5) is 16.2. The Balaban J connectivity index is 1.50. The highest BCUT2D eigenvalue weighted by Crippen LogP contribution is 2.34.